The van der Waals surface area contributed by atoms with Gasteiger partial charge in [0.25, 0.3) is 0 Å². The maximum atomic E-state index is 12.2. The largest absolute Gasteiger partial charge is 0.462 e. The zero-order valence-corrected chi connectivity index (χ0v) is 13.6. The van der Waals surface area contributed by atoms with Crippen molar-refractivity contribution in [3.05, 3.63) is 35.9 Å². The molecule has 0 aliphatic heterocycles. The van der Waals surface area contributed by atoms with Crippen molar-refractivity contribution in [3.8, 4) is 0 Å². The fourth-order valence-electron chi connectivity index (χ4n) is 2.30. The molecule has 0 fully saturated rings. The molecule has 0 heterocycles. The molecule has 6 heteroatoms. The summed E-state index contributed by atoms with van der Waals surface area (Å²) in [4.78, 5) is 24.1. The van der Waals surface area contributed by atoms with Crippen LogP contribution in [0.3, 0.4) is 0 Å². The van der Waals surface area contributed by atoms with Gasteiger partial charge in [0.15, 0.2) is 0 Å². The Morgan fingerprint density at radius 1 is 1.27 bits per heavy atom. The molecule has 1 aromatic rings. The van der Waals surface area contributed by atoms with E-state index >= 15 is 0 Å². The van der Waals surface area contributed by atoms with Gasteiger partial charge in [-0.15, -0.1) is 0 Å². The number of ether oxygens (including phenoxy) is 1. The summed E-state index contributed by atoms with van der Waals surface area (Å²) in [5.74, 6) is -0.906. The Balaban J connectivity index is 2.93. The normalized spacial score (nSPS) is 13.5. The summed E-state index contributed by atoms with van der Waals surface area (Å²) in [5, 5.41) is 12.3. The lowest BCUT2D eigenvalue weighted by Crippen LogP contribution is -2.47. The highest BCUT2D eigenvalue weighted by atomic mass is 16.5. The fraction of sp³-hybridized carbons (Fsp3) is 0.500. The minimum absolute atomic E-state index is 0.0269. The second-order valence-electron chi connectivity index (χ2n) is 5.69. The standard InChI is InChI=1S/C16H24BNO4/c1-11(2)22-16(20)15(18-17(4)21)10-14(12(3)19)13-8-6-5-7-9-13/h5-9,11,14-15,18,21H,10H2,1-4H3. The molecule has 2 unspecified atom stereocenters. The molecule has 0 aromatic heterocycles. The monoisotopic (exact) mass is 305 g/mol. The minimum Gasteiger partial charge on any atom is -0.462 e. The van der Waals surface area contributed by atoms with Gasteiger partial charge in [-0.25, -0.2) is 0 Å². The van der Waals surface area contributed by atoms with Crippen LogP contribution in [-0.4, -0.2) is 36.0 Å². The number of nitrogens with one attached hydrogen (secondary N) is 1. The van der Waals surface area contributed by atoms with E-state index in [1.807, 2.05) is 30.3 Å². The van der Waals surface area contributed by atoms with Crippen LogP contribution in [0.25, 0.3) is 0 Å². The molecular weight excluding hydrogens is 281 g/mol. The first-order chi connectivity index (χ1) is 10.3. The third kappa shape index (κ3) is 5.99. The van der Waals surface area contributed by atoms with Crippen molar-refractivity contribution in [2.24, 2.45) is 0 Å². The Morgan fingerprint density at radius 3 is 2.32 bits per heavy atom. The van der Waals surface area contributed by atoms with Crippen molar-refractivity contribution in [2.45, 2.75) is 52.1 Å². The third-order valence-electron chi connectivity index (χ3n) is 3.24. The average Bonchev–Trinajstić information content (AvgIpc) is 2.42. The van der Waals surface area contributed by atoms with E-state index in [2.05, 4.69) is 5.23 Å². The van der Waals surface area contributed by atoms with Crippen LogP contribution in [0.5, 0.6) is 0 Å². The second kappa shape index (κ2) is 8.71. The predicted octanol–water partition coefficient (Wildman–Crippen LogP) is 1.77. The maximum Gasteiger partial charge on any atom is 0.374 e. The van der Waals surface area contributed by atoms with Crippen molar-refractivity contribution in [1.82, 2.24) is 5.23 Å². The summed E-state index contributed by atoms with van der Waals surface area (Å²) in [5.41, 5.74) is 0.852. The van der Waals surface area contributed by atoms with Gasteiger partial charge < -0.3 is 15.0 Å². The maximum absolute atomic E-state index is 12.2. The smallest absolute Gasteiger partial charge is 0.374 e. The number of benzene rings is 1. The number of ketones is 1. The topological polar surface area (TPSA) is 75.6 Å². The van der Waals surface area contributed by atoms with Crippen molar-refractivity contribution < 1.29 is 19.3 Å². The molecule has 2 N–H and O–H groups in total. The molecule has 1 rings (SSSR count). The summed E-state index contributed by atoms with van der Waals surface area (Å²) in [6.45, 7) is 6.56. The van der Waals surface area contributed by atoms with Crippen molar-refractivity contribution in [3.63, 3.8) is 0 Å². The predicted molar refractivity (Wildman–Crippen MR) is 86.5 cm³/mol. The van der Waals surface area contributed by atoms with E-state index < -0.39 is 25.0 Å². The van der Waals surface area contributed by atoms with Gasteiger partial charge in [-0.3, -0.25) is 9.59 Å². The van der Waals surface area contributed by atoms with Crippen LogP contribution in [0.1, 0.15) is 38.7 Å². The van der Waals surface area contributed by atoms with Gasteiger partial charge >= 0.3 is 13.0 Å². The van der Waals surface area contributed by atoms with E-state index in [4.69, 9.17) is 4.74 Å². The zero-order chi connectivity index (χ0) is 16.7. The van der Waals surface area contributed by atoms with Crippen LogP contribution in [-0.2, 0) is 14.3 Å². The highest BCUT2D eigenvalue weighted by Gasteiger charge is 2.29. The van der Waals surface area contributed by atoms with Crippen molar-refractivity contribution >= 4 is 18.8 Å². The molecule has 2 atom stereocenters. The number of hydrogen-bond donors (Lipinski definition) is 2. The summed E-state index contributed by atoms with van der Waals surface area (Å²) >= 11 is 0. The third-order valence-corrected chi connectivity index (χ3v) is 3.24. The van der Waals surface area contributed by atoms with Gasteiger partial charge in [0.05, 0.1) is 12.1 Å². The van der Waals surface area contributed by atoms with Gasteiger partial charge in [0.2, 0.25) is 0 Å². The Kier molecular flexibility index (Phi) is 7.28. The first-order valence-electron chi connectivity index (χ1n) is 7.51. The molecule has 0 aliphatic rings. The van der Waals surface area contributed by atoms with Gasteiger partial charge in [0.1, 0.15) is 5.78 Å². The molecule has 1 aromatic carbocycles. The zero-order valence-electron chi connectivity index (χ0n) is 13.6. The Bertz CT molecular complexity index is 490. The molecule has 0 aliphatic carbocycles. The highest BCUT2D eigenvalue weighted by Crippen LogP contribution is 2.23. The lowest BCUT2D eigenvalue weighted by atomic mass is 9.83. The molecule has 22 heavy (non-hydrogen) atoms. The van der Waals surface area contributed by atoms with Gasteiger partial charge in [-0.05, 0) is 39.6 Å². The lowest BCUT2D eigenvalue weighted by Gasteiger charge is -2.23. The van der Waals surface area contributed by atoms with Crippen LogP contribution in [0.15, 0.2) is 30.3 Å². The summed E-state index contributed by atoms with van der Waals surface area (Å²) in [6.07, 6.45) is -0.00574. The van der Waals surface area contributed by atoms with Crippen LogP contribution in [0.4, 0.5) is 0 Å². The van der Waals surface area contributed by atoms with Crippen LogP contribution >= 0.6 is 0 Å². The minimum atomic E-state index is -0.868. The van der Waals surface area contributed by atoms with Crippen molar-refractivity contribution in [2.75, 3.05) is 0 Å². The number of carbonyl (C=O) groups excluding carboxylic acids is 2. The van der Waals surface area contributed by atoms with Gasteiger partial charge in [0, 0.05) is 5.92 Å². The first kappa shape index (κ1) is 18.4. The molecule has 0 amide bonds. The second-order valence-corrected chi connectivity index (χ2v) is 5.69. The molecule has 0 saturated heterocycles. The SMILES string of the molecule is CB(O)NC(CC(C(C)=O)c1ccccc1)C(=O)OC(C)C. The molecule has 5 nitrogen and oxygen atoms in total. The summed E-state index contributed by atoms with van der Waals surface area (Å²) in [6, 6.07) is 8.57. The first-order valence-corrected chi connectivity index (χ1v) is 7.51. The Labute approximate surface area is 132 Å². The van der Waals surface area contributed by atoms with Crippen LogP contribution in [0.2, 0.25) is 6.82 Å². The van der Waals surface area contributed by atoms with E-state index in [9.17, 15) is 14.6 Å². The summed E-state index contributed by atoms with van der Waals surface area (Å²) < 4.78 is 5.21. The number of esters is 1. The average molecular weight is 305 g/mol. The van der Waals surface area contributed by atoms with Gasteiger partial charge in [-0.1, -0.05) is 30.3 Å². The molecule has 0 spiro atoms. The Hall–Kier alpha value is -1.66. The Morgan fingerprint density at radius 2 is 1.86 bits per heavy atom. The van der Waals surface area contributed by atoms with E-state index in [-0.39, 0.29) is 18.3 Å². The summed E-state index contributed by atoms with van der Waals surface area (Å²) in [7, 11) is -0.868. The number of hydrogen-bond acceptors (Lipinski definition) is 5. The number of rotatable bonds is 8. The highest BCUT2D eigenvalue weighted by molar-refractivity contribution is 6.46. The molecule has 0 saturated carbocycles. The van der Waals surface area contributed by atoms with E-state index in [0.29, 0.717) is 0 Å². The van der Waals surface area contributed by atoms with Crippen LogP contribution in [0, 0.1) is 0 Å². The van der Waals surface area contributed by atoms with Crippen molar-refractivity contribution in [1.29, 1.82) is 0 Å². The van der Waals surface area contributed by atoms with Gasteiger partial charge in [-0.2, -0.15) is 0 Å². The number of Topliss-reactive ketones (excluding diaryl/α,β-unsaturated/α-hetero) is 1. The molecule has 0 bridgehead atoms. The van der Waals surface area contributed by atoms with E-state index in [1.54, 1.807) is 13.8 Å². The van der Waals surface area contributed by atoms with Crippen LogP contribution < -0.4 is 5.23 Å². The van der Waals surface area contributed by atoms with E-state index in [1.165, 1.54) is 13.7 Å². The lowest BCUT2D eigenvalue weighted by molar-refractivity contribution is -0.149. The molecule has 120 valence electrons. The quantitative estimate of drug-likeness (QED) is 0.565. The fourth-order valence-corrected chi connectivity index (χ4v) is 2.30. The molecule has 0 radical (unpaired) electrons. The molecular formula is C16H24BNO4. The van der Waals surface area contributed by atoms with E-state index in [0.717, 1.165) is 5.56 Å². The number of carbonyl (C=O) groups is 2.